The van der Waals surface area contributed by atoms with Crippen molar-refractivity contribution in [3.63, 3.8) is 0 Å². The average molecular weight is 436 g/mol. The maximum absolute atomic E-state index is 14.6. The van der Waals surface area contributed by atoms with Crippen molar-refractivity contribution in [3.8, 4) is 0 Å². The summed E-state index contributed by atoms with van der Waals surface area (Å²) in [5, 5.41) is 2.93. The molecular formula is C19H28Cl2FN3O3. The predicted octanol–water partition coefficient (Wildman–Crippen LogP) is 1.73. The molecule has 0 bridgehead atoms. The van der Waals surface area contributed by atoms with E-state index in [2.05, 4.69) is 5.32 Å². The van der Waals surface area contributed by atoms with Crippen molar-refractivity contribution in [1.29, 1.82) is 0 Å². The summed E-state index contributed by atoms with van der Waals surface area (Å²) in [6.45, 7) is 1.84. The van der Waals surface area contributed by atoms with Gasteiger partial charge in [0.1, 0.15) is 24.9 Å². The second-order valence-corrected chi connectivity index (χ2v) is 9.81. The van der Waals surface area contributed by atoms with Gasteiger partial charge in [0, 0.05) is 29.8 Å². The van der Waals surface area contributed by atoms with Gasteiger partial charge in [0.05, 0.1) is 13.2 Å². The Balaban J connectivity index is 1.49. The maximum Gasteiger partial charge on any atom is 0.247 e. The maximum atomic E-state index is 14.6. The predicted molar refractivity (Wildman–Crippen MR) is 104 cm³/mol. The highest BCUT2D eigenvalue weighted by Crippen LogP contribution is 2.33. The molecule has 4 fully saturated rings. The first-order chi connectivity index (χ1) is 13.4. The van der Waals surface area contributed by atoms with E-state index in [0.29, 0.717) is 32.2 Å². The number of nitrogens with one attached hydrogen (secondary N) is 1. The fourth-order valence-corrected chi connectivity index (χ4v) is 5.35. The van der Waals surface area contributed by atoms with Crippen LogP contribution in [-0.4, -0.2) is 83.6 Å². The summed E-state index contributed by atoms with van der Waals surface area (Å²) in [4.78, 5) is 29.5. The molecule has 0 aromatic heterocycles. The summed E-state index contributed by atoms with van der Waals surface area (Å²) >= 11 is 12.2. The van der Waals surface area contributed by atoms with E-state index >= 15 is 0 Å². The van der Waals surface area contributed by atoms with Crippen molar-refractivity contribution in [3.05, 3.63) is 0 Å². The van der Waals surface area contributed by atoms with Crippen molar-refractivity contribution in [2.75, 3.05) is 32.8 Å². The number of carbonyl (C=O) groups is 2. The molecular weight excluding hydrogens is 408 g/mol. The number of piperidine rings is 1. The number of piperazine rings is 1. The van der Waals surface area contributed by atoms with Gasteiger partial charge in [-0.15, -0.1) is 23.2 Å². The van der Waals surface area contributed by atoms with E-state index < -0.39 is 18.4 Å². The summed E-state index contributed by atoms with van der Waals surface area (Å²) in [5.74, 6) is 0.0603. The number of hydrogen-bond donors (Lipinski definition) is 1. The Morgan fingerprint density at radius 3 is 2.43 bits per heavy atom. The van der Waals surface area contributed by atoms with Gasteiger partial charge < -0.3 is 14.5 Å². The summed E-state index contributed by atoms with van der Waals surface area (Å²) in [7, 11) is 0. The van der Waals surface area contributed by atoms with Crippen LogP contribution in [-0.2, 0) is 14.3 Å². The van der Waals surface area contributed by atoms with Crippen LogP contribution in [0.5, 0.6) is 0 Å². The molecule has 3 aliphatic heterocycles. The first kappa shape index (κ1) is 20.6. The van der Waals surface area contributed by atoms with E-state index in [1.807, 2.05) is 0 Å². The highest BCUT2D eigenvalue weighted by molar-refractivity contribution is 6.21. The van der Waals surface area contributed by atoms with Gasteiger partial charge in [-0.3, -0.25) is 14.9 Å². The lowest BCUT2D eigenvalue weighted by atomic mass is 9.86. The van der Waals surface area contributed by atoms with Crippen LogP contribution in [0, 0.1) is 11.8 Å². The fraction of sp³-hybridized carbons (Fsp3) is 0.895. The highest BCUT2D eigenvalue weighted by Gasteiger charge is 2.50. The highest BCUT2D eigenvalue weighted by atomic mass is 35.5. The number of nitrogens with zero attached hydrogens (tertiary/aromatic N) is 2. The molecule has 3 saturated heterocycles. The Kier molecular flexibility index (Phi) is 6.35. The molecule has 4 aliphatic rings. The lowest BCUT2D eigenvalue weighted by Gasteiger charge is -2.50. The second-order valence-electron chi connectivity index (χ2n) is 8.57. The van der Waals surface area contributed by atoms with Gasteiger partial charge in [0.25, 0.3) is 0 Å². The largest absolute Gasteiger partial charge is 0.380 e. The van der Waals surface area contributed by atoms with Crippen LogP contribution in [0.2, 0.25) is 0 Å². The molecule has 4 unspecified atom stereocenters. The van der Waals surface area contributed by atoms with E-state index in [0.717, 1.165) is 25.7 Å². The number of amides is 2. The smallest absolute Gasteiger partial charge is 0.247 e. The van der Waals surface area contributed by atoms with E-state index in [1.54, 1.807) is 4.90 Å². The molecule has 4 atom stereocenters. The van der Waals surface area contributed by atoms with Crippen molar-refractivity contribution in [2.45, 2.75) is 61.2 Å². The molecule has 1 aliphatic carbocycles. The molecule has 2 amide bonds. The Hall–Kier alpha value is -0.630. The van der Waals surface area contributed by atoms with Gasteiger partial charge in [0.15, 0.2) is 0 Å². The lowest BCUT2D eigenvalue weighted by molar-refractivity contribution is -0.173. The molecule has 0 radical (unpaired) electrons. The molecule has 1 saturated carbocycles. The van der Waals surface area contributed by atoms with Gasteiger partial charge in [0.2, 0.25) is 11.8 Å². The van der Waals surface area contributed by atoms with Crippen LogP contribution in [0.3, 0.4) is 0 Å². The Morgan fingerprint density at radius 1 is 1.11 bits per heavy atom. The van der Waals surface area contributed by atoms with Crippen LogP contribution in [0.15, 0.2) is 0 Å². The lowest BCUT2D eigenvalue weighted by Crippen LogP contribution is -2.70. The third kappa shape index (κ3) is 4.13. The van der Waals surface area contributed by atoms with Crippen molar-refractivity contribution in [2.24, 2.45) is 11.8 Å². The summed E-state index contributed by atoms with van der Waals surface area (Å²) in [6, 6.07) is -0.563. The summed E-state index contributed by atoms with van der Waals surface area (Å²) < 4.78 is 19.9. The van der Waals surface area contributed by atoms with Crippen LogP contribution in [0.4, 0.5) is 4.39 Å². The standard InChI is InChI=1S/C19H28Cl2FN3O3/c20-13-3-1-11(2-4-13)7-24-16(26)8-25(18-15(22)5-14(21)6-23-18)19(27)17(24)12-9-28-10-12/h11-15,17-18,23H,1-10H2. The van der Waals surface area contributed by atoms with E-state index in [4.69, 9.17) is 27.9 Å². The zero-order valence-electron chi connectivity index (χ0n) is 15.9. The molecule has 28 heavy (non-hydrogen) atoms. The monoisotopic (exact) mass is 435 g/mol. The molecule has 6 nitrogen and oxygen atoms in total. The molecule has 0 spiro atoms. The summed E-state index contributed by atoms with van der Waals surface area (Å²) in [6.07, 6.45) is 1.94. The second kappa shape index (κ2) is 8.62. The van der Waals surface area contributed by atoms with Crippen molar-refractivity contribution >= 4 is 35.0 Å². The molecule has 1 N–H and O–H groups in total. The zero-order valence-corrected chi connectivity index (χ0v) is 17.4. The minimum atomic E-state index is -1.28. The van der Waals surface area contributed by atoms with Crippen molar-refractivity contribution in [1.82, 2.24) is 15.1 Å². The Bertz CT molecular complexity index is 601. The molecule has 0 aromatic rings. The normalized spacial score (nSPS) is 40.5. The number of hydrogen-bond acceptors (Lipinski definition) is 4. The summed E-state index contributed by atoms with van der Waals surface area (Å²) in [5.41, 5.74) is 0. The number of rotatable bonds is 4. The zero-order chi connectivity index (χ0) is 19.8. The fourth-order valence-electron chi connectivity index (χ4n) is 4.84. The minimum Gasteiger partial charge on any atom is -0.380 e. The Labute approximate surface area is 175 Å². The van der Waals surface area contributed by atoms with Crippen LogP contribution in [0.25, 0.3) is 0 Å². The number of carbonyl (C=O) groups excluding carboxylic acids is 2. The van der Waals surface area contributed by atoms with Crippen molar-refractivity contribution < 1.29 is 18.7 Å². The SMILES string of the molecule is O=C1C(C2COC2)N(CC2CCC(Cl)CC2)C(=O)CN1C1NCC(Cl)CC1F. The first-order valence-electron chi connectivity index (χ1n) is 10.3. The minimum absolute atomic E-state index is 0.0222. The van der Waals surface area contributed by atoms with Gasteiger partial charge in [-0.1, -0.05) is 0 Å². The van der Waals surface area contributed by atoms with Gasteiger partial charge in [-0.05, 0) is 38.0 Å². The third-order valence-corrected chi connectivity index (χ3v) is 7.32. The van der Waals surface area contributed by atoms with E-state index in [1.165, 1.54) is 4.90 Å². The Morgan fingerprint density at radius 2 is 1.82 bits per heavy atom. The van der Waals surface area contributed by atoms with Gasteiger partial charge >= 0.3 is 0 Å². The van der Waals surface area contributed by atoms with Crippen LogP contribution in [0.1, 0.15) is 32.1 Å². The average Bonchev–Trinajstić information content (AvgIpc) is 2.61. The number of alkyl halides is 3. The third-order valence-electron chi connectivity index (χ3n) is 6.55. The van der Waals surface area contributed by atoms with E-state index in [-0.39, 0.29) is 41.5 Å². The van der Waals surface area contributed by atoms with Gasteiger partial charge in [-0.2, -0.15) is 0 Å². The number of ether oxygens (including phenoxy) is 1. The van der Waals surface area contributed by atoms with Crippen LogP contribution >= 0.6 is 23.2 Å². The quantitative estimate of drug-likeness (QED) is 0.683. The first-order valence-corrected chi connectivity index (χ1v) is 11.1. The van der Waals surface area contributed by atoms with E-state index in [9.17, 15) is 14.0 Å². The van der Waals surface area contributed by atoms with Crippen LogP contribution < -0.4 is 5.32 Å². The molecule has 158 valence electrons. The molecule has 4 rings (SSSR count). The molecule has 9 heteroatoms. The number of halogens is 3. The topological polar surface area (TPSA) is 61.9 Å². The molecule has 3 heterocycles. The van der Waals surface area contributed by atoms with Gasteiger partial charge in [-0.25, -0.2) is 4.39 Å². The molecule has 0 aromatic carbocycles.